The molecule has 0 spiro atoms. The van der Waals surface area contributed by atoms with Crippen molar-refractivity contribution in [2.75, 3.05) is 12.3 Å². The van der Waals surface area contributed by atoms with Gasteiger partial charge in [-0.1, -0.05) is 13.8 Å². The second kappa shape index (κ2) is 7.94. The Balaban J connectivity index is 2.21. The number of sulfonamides is 1. The van der Waals surface area contributed by atoms with Crippen LogP contribution < -0.4 is 10.0 Å². The molecule has 7 heteroatoms. The van der Waals surface area contributed by atoms with Crippen LogP contribution in [0.5, 0.6) is 0 Å². The molecular weight excluding hydrogens is 282 g/mol. The lowest BCUT2D eigenvalue weighted by molar-refractivity contribution is 0.555. The van der Waals surface area contributed by atoms with E-state index in [2.05, 4.69) is 28.9 Å². The Morgan fingerprint density at radius 2 is 2.11 bits per heavy atom. The molecule has 19 heavy (non-hydrogen) atoms. The highest BCUT2D eigenvalue weighted by molar-refractivity contribution is 7.89. The monoisotopic (exact) mass is 305 g/mol. The fourth-order valence-corrected chi connectivity index (χ4v) is 3.26. The Hall–Kier alpha value is -0.500. The summed E-state index contributed by atoms with van der Waals surface area (Å²) in [6.07, 6.45) is 1.54. The molecule has 0 saturated heterocycles. The molecule has 0 aromatic carbocycles. The summed E-state index contributed by atoms with van der Waals surface area (Å²) >= 11 is 1.53. The van der Waals surface area contributed by atoms with Gasteiger partial charge in [0.1, 0.15) is 0 Å². The molecule has 0 fully saturated rings. The van der Waals surface area contributed by atoms with Gasteiger partial charge in [0.15, 0.2) is 0 Å². The van der Waals surface area contributed by atoms with E-state index in [4.69, 9.17) is 0 Å². The normalized spacial score (nSPS) is 12.2. The van der Waals surface area contributed by atoms with Gasteiger partial charge in [0.25, 0.3) is 0 Å². The molecule has 0 saturated carbocycles. The predicted octanol–water partition coefficient (Wildman–Crippen LogP) is 1.65. The van der Waals surface area contributed by atoms with Crippen LogP contribution in [0.4, 0.5) is 0 Å². The maximum absolute atomic E-state index is 11.8. The molecule has 5 nitrogen and oxygen atoms in total. The molecule has 1 aromatic heterocycles. The highest BCUT2D eigenvalue weighted by Gasteiger charge is 2.10. The smallest absolute Gasteiger partial charge is 0.211 e. The average Bonchev–Trinajstić information content (AvgIpc) is 2.72. The van der Waals surface area contributed by atoms with Gasteiger partial charge in [-0.2, -0.15) is 0 Å². The minimum atomic E-state index is -3.18. The fraction of sp³-hybridized carbons (Fsp3) is 0.750. The molecule has 0 aliphatic carbocycles. The summed E-state index contributed by atoms with van der Waals surface area (Å²) in [6.45, 7) is 7.21. The summed E-state index contributed by atoms with van der Waals surface area (Å²) < 4.78 is 26.1. The van der Waals surface area contributed by atoms with Gasteiger partial charge < -0.3 is 5.32 Å². The Kier molecular flexibility index (Phi) is 6.92. The number of aromatic nitrogens is 1. The molecule has 110 valence electrons. The minimum Gasteiger partial charge on any atom is -0.315 e. The molecule has 0 aliphatic heterocycles. The topological polar surface area (TPSA) is 71.1 Å². The van der Waals surface area contributed by atoms with E-state index in [0.29, 0.717) is 12.5 Å². The first-order valence-corrected chi connectivity index (χ1v) is 9.04. The molecule has 1 heterocycles. The van der Waals surface area contributed by atoms with Crippen LogP contribution in [0, 0.1) is 6.92 Å². The quantitative estimate of drug-likeness (QED) is 0.681. The van der Waals surface area contributed by atoms with Gasteiger partial charge in [-0.25, -0.2) is 18.1 Å². The van der Waals surface area contributed by atoms with Crippen molar-refractivity contribution in [1.29, 1.82) is 0 Å². The molecule has 0 radical (unpaired) electrons. The molecule has 0 aliphatic rings. The van der Waals surface area contributed by atoms with Crippen molar-refractivity contribution in [3.8, 4) is 0 Å². The molecule has 0 bridgehead atoms. The number of unbranched alkanes of at least 4 members (excludes halogenated alkanes) is 1. The van der Waals surface area contributed by atoms with E-state index in [0.717, 1.165) is 23.7 Å². The predicted molar refractivity (Wildman–Crippen MR) is 79.9 cm³/mol. The Bertz CT molecular complexity index is 469. The number of nitrogens with one attached hydrogen (secondary N) is 2. The second-order valence-electron chi connectivity index (χ2n) is 4.81. The van der Waals surface area contributed by atoms with E-state index in [-0.39, 0.29) is 12.3 Å². The first kappa shape index (κ1) is 16.6. The zero-order valence-corrected chi connectivity index (χ0v) is 13.4. The average molecular weight is 305 g/mol. The standard InChI is InChI=1S/C12H23N3O2S2/c1-10(2)13-6-4-5-7-19(16,17)14-8-12-9-18-11(3)15-12/h9-10,13-14H,4-8H2,1-3H3. The molecule has 0 atom stereocenters. The molecule has 0 unspecified atom stereocenters. The minimum absolute atomic E-state index is 0.176. The van der Waals surface area contributed by atoms with Crippen LogP contribution in [0.2, 0.25) is 0 Å². The summed E-state index contributed by atoms with van der Waals surface area (Å²) in [7, 11) is -3.18. The first-order chi connectivity index (χ1) is 8.89. The van der Waals surface area contributed by atoms with Crippen molar-refractivity contribution in [2.45, 2.75) is 46.2 Å². The summed E-state index contributed by atoms with van der Waals surface area (Å²) in [6, 6.07) is 0.447. The zero-order valence-electron chi connectivity index (χ0n) is 11.8. The molecule has 2 N–H and O–H groups in total. The number of hydrogen-bond acceptors (Lipinski definition) is 5. The van der Waals surface area contributed by atoms with E-state index >= 15 is 0 Å². The molecule has 1 aromatic rings. The van der Waals surface area contributed by atoms with E-state index < -0.39 is 10.0 Å². The number of thiazole rings is 1. The maximum Gasteiger partial charge on any atom is 0.211 e. The third-order valence-electron chi connectivity index (χ3n) is 2.53. The van der Waals surface area contributed by atoms with E-state index in [1.54, 1.807) is 0 Å². The van der Waals surface area contributed by atoms with E-state index in [9.17, 15) is 8.42 Å². The van der Waals surface area contributed by atoms with Crippen molar-refractivity contribution >= 4 is 21.4 Å². The third-order valence-corrected chi connectivity index (χ3v) is 4.76. The SMILES string of the molecule is Cc1nc(CNS(=O)(=O)CCCCNC(C)C)cs1. The summed E-state index contributed by atoms with van der Waals surface area (Å²) in [5.74, 6) is 0.176. The van der Waals surface area contributed by atoms with Gasteiger partial charge in [-0.3, -0.25) is 0 Å². The number of nitrogens with zero attached hydrogens (tertiary/aromatic N) is 1. The van der Waals surface area contributed by atoms with Crippen LogP contribution in [-0.4, -0.2) is 31.7 Å². The van der Waals surface area contributed by atoms with Gasteiger partial charge in [-0.05, 0) is 26.3 Å². The molecular formula is C12H23N3O2S2. The Morgan fingerprint density at radius 1 is 1.37 bits per heavy atom. The van der Waals surface area contributed by atoms with E-state index in [1.165, 1.54) is 11.3 Å². The largest absolute Gasteiger partial charge is 0.315 e. The highest BCUT2D eigenvalue weighted by atomic mass is 32.2. The second-order valence-corrected chi connectivity index (χ2v) is 7.80. The van der Waals surface area contributed by atoms with E-state index in [1.807, 2.05) is 12.3 Å². The van der Waals surface area contributed by atoms with Gasteiger partial charge in [-0.15, -0.1) is 11.3 Å². The van der Waals surface area contributed by atoms with Crippen LogP contribution in [0.25, 0.3) is 0 Å². The summed E-state index contributed by atoms with van der Waals surface area (Å²) in [5.41, 5.74) is 0.785. The van der Waals surface area contributed by atoms with Gasteiger partial charge in [0.05, 0.1) is 23.0 Å². The number of hydrogen-bond donors (Lipinski definition) is 2. The molecule has 0 amide bonds. The van der Waals surface area contributed by atoms with Crippen molar-refractivity contribution < 1.29 is 8.42 Å². The Labute approximate surface area is 119 Å². The fourth-order valence-electron chi connectivity index (χ4n) is 1.55. The lowest BCUT2D eigenvalue weighted by Crippen LogP contribution is -2.27. The van der Waals surface area contributed by atoms with Gasteiger partial charge in [0.2, 0.25) is 10.0 Å². The lowest BCUT2D eigenvalue weighted by atomic mass is 10.3. The summed E-state index contributed by atoms with van der Waals surface area (Å²) in [4.78, 5) is 4.22. The zero-order chi connectivity index (χ0) is 14.3. The molecule has 1 rings (SSSR count). The van der Waals surface area contributed by atoms with Crippen LogP contribution in [0.1, 0.15) is 37.4 Å². The summed E-state index contributed by atoms with van der Waals surface area (Å²) in [5, 5.41) is 6.10. The first-order valence-electron chi connectivity index (χ1n) is 6.51. The number of aryl methyl sites for hydroxylation is 1. The van der Waals surface area contributed by atoms with Gasteiger partial charge in [0, 0.05) is 11.4 Å². The number of rotatable bonds is 9. The lowest BCUT2D eigenvalue weighted by Gasteiger charge is -2.08. The maximum atomic E-state index is 11.8. The van der Waals surface area contributed by atoms with Crippen molar-refractivity contribution in [1.82, 2.24) is 15.0 Å². The van der Waals surface area contributed by atoms with Crippen LogP contribution >= 0.6 is 11.3 Å². The Morgan fingerprint density at radius 3 is 2.68 bits per heavy atom. The van der Waals surface area contributed by atoms with Crippen LogP contribution in [0.3, 0.4) is 0 Å². The van der Waals surface area contributed by atoms with Crippen LogP contribution in [0.15, 0.2) is 5.38 Å². The van der Waals surface area contributed by atoms with Crippen molar-refractivity contribution in [2.24, 2.45) is 0 Å². The third kappa shape index (κ3) is 7.61. The highest BCUT2D eigenvalue weighted by Crippen LogP contribution is 2.07. The van der Waals surface area contributed by atoms with Crippen LogP contribution in [-0.2, 0) is 16.6 Å². The van der Waals surface area contributed by atoms with Crippen molar-refractivity contribution in [3.63, 3.8) is 0 Å². The van der Waals surface area contributed by atoms with Crippen molar-refractivity contribution in [3.05, 3.63) is 16.1 Å². The van der Waals surface area contributed by atoms with Gasteiger partial charge >= 0.3 is 0 Å².